The van der Waals surface area contributed by atoms with Crippen LogP contribution in [0.25, 0.3) is 0 Å². The van der Waals surface area contributed by atoms with Gasteiger partial charge in [-0.25, -0.2) is 0 Å². The van der Waals surface area contributed by atoms with Gasteiger partial charge < -0.3 is 4.90 Å². The molecule has 1 aromatic rings. The fourth-order valence-corrected chi connectivity index (χ4v) is 1.21. The average molecular weight is 162 g/mol. The van der Waals surface area contributed by atoms with Gasteiger partial charge in [0.15, 0.2) is 0 Å². The van der Waals surface area contributed by atoms with Crippen LogP contribution in [-0.2, 0) is 4.79 Å². The van der Waals surface area contributed by atoms with E-state index in [4.69, 9.17) is 0 Å². The summed E-state index contributed by atoms with van der Waals surface area (Å²) in [5.41, 5.74) is 0.845. The summed E-state index contributed by atoms with van der Waals surface area (Å²) >= 11 is 0. The predicted molar refractivity (Wildman–Crippen MR) is 42.0 cm³/mol. The molecule has 0 atom stereocenters. The van der Waals surface area contributed by atoms with Crippen LogP contribution in [-0.4, -0.2) is 23.7 Å². The van der Waals surface area contributed by atoms with Crippen molar-refractivity contribution in [3.05, 3.63) is 24.0 Å². The summed E-state index contributed by atoms with van der Waals surface area (Å²) in [4.78, 5) is 27.4. The number of ketones is 1. The van der Waals surface area contributed by atoms with E-state index in [1.54, 1.807) is 19.2 Å². The van der Waals surface area contributed by atoms with Crippen molar-refractivity contribution in [1.29, 1.82) is 0 Å². The number of rotatable bonds is 0. The molecule has 2 heterocycles. The van der Waals surface area contributed by atoms with Crippen molar-refractivity contribution in [2.75, 3.05) is 11.9 Å². The Balaban J connectivity index is 2.67. The molecule has 0 fully saturated rings. The molecule has 0 radical (unpaired) electrons. The SMILES string of the molecule is CN1C(=O)C(=O)c2ncccc21. The monoisotopic (exact) mass is 162 g/mol. The first-order chi connectivity index (χ1) is 5.72. The number of aromatic nitrogens is 1. The van der Waals surface area contributed by atoms with Crippen LogP contribution in [0, 0.1) is 0 Å². The summed E-state index contributed by atoms with van der Waals surface area (Å²) in [6.45, 7) is 0. The second-order valence-corrected chi connectivity index (χ2v) is 2.56. The average Bonchev–Trinajstić information content (AvgIpc) is 2.33. The molecule has 1 aliphatic rings. The summed E-state index contributed by atoms with van der Waals surface area (Å²) in [5.74, 6) is -1.03. The molecule has 4 heteroatoms. The van der Waals surface area contributed by atoms with E-state index in [1.165, 1.54) is 11.1 Å². The topological polar surface area (TPSA) is 50.3 Å². The van der Waals surface area contributed by atoms with E-state index in [2.05, 4.69) is 4.98 Å². The molecule has 12 heavy (non-hydrogen) atoms. The summed E-state index contributed by atoms with van der Waals surface area (Å²) in [6.07, 6.45) is 1.50. The zero-order valence-corrected chi connectivity index (χ0v) is 6.44. The Morgan fingerprint density at radius 3 is 2.83 bits per heavy atom. The van der Waals surface area contributed by atoms with E-state index in [-0.39, 0.29) is 5.69 Å². The van der Waals surface area contributed by atoms with Crippen molar-refractivity contribution in [3.63, 3.8) is 0 Å². The zero-order chi connectivity index (χ0) is 8.72. The lowest BCUT2D eigenvalue weighted by Crippen LogP contribution is -2.24. The number of fused-ring (bicyclic) bond motifs is 1. The number of Topliss-reactive ketones (excluding diaryl/α,β-unsaturated/α-hetero) is 1. The highest BCUT2D eigenvalue weighted by molar-refractivity contribution is 6.51. The lowest BCUT2D eigenvalue weighted by Gasteiger charge is -2.06. The van der Waals surface area contributed by atoms with E-state index in [9.17, 15) is 9.59 Å². The van der Waals surface area contributed by atoms with Crippen LogP contribution < -0.4 is 4.90 Å². The fraction of sp³-hybridized carbons (Fsp3) is 0.125. The molecule has 0 bridgehead atoms. The Hall–Kier alpha value is -1.71. The largest absolute Gasteiger partial charge is 0.306 e. The molecule has 4 nitrogen and oxygen atoms in total. The van der Waals surface area contributed by atoms with Crippen LogP contribution in [0.5, 0.6) is 0 Å². The number of likely N-dealkylation sites (N-methyl/N-ethyl adjacent to an activating group) is 1. The lowest BCUT2D eigenvalue weighted by molar-refractivity contribution is -0.114. The van der Waals surface area contributed by atoms with Gasteiger partial charge in [0.05, 0.1) is 5.69 Å². The first-order valence-electron chi connectivity index (χ1n) is 3.49. The maximum Gasteiger partial charge on any atom is 0.300 e. The van der Waals surface area contributed by atoms with Gasteiger partial charge in [0.2, 0.25) is 0 Å². The predicted octanol–water partition coefficient (Wildman–Crippen LogP) is 0.241. The minimum Gasteiger partial charge on any atom is -0.306 e. The number of nitrogens with zero attached hydrogens (tertiary/aromatic N) is 2. The minimum absolute atomic E-state index is 0.255. The van der Waals surface area contributed by atoms with Crippen molar-refractivity contribution >= 4 is 17.4 Å². The normalized spacial score (nSPS) is 15.2. The van der Waals surface area contributed by atoms with Gasteiger partial charge in [0, 0.05) is 13.2 Å². The highest BCUT2D eigenvalue weighted by Crippen LogP contribution is 2.24. The molecule has 0 aliphatic carbocycles. The molecule has 1 aromatic heterocycles. The Morgan fingerprint density at radius 1 is 1.42 bits per heavy atom. The second-order valence-electron chi connectivity index (χ2n) is 2.56. The lowest BCUT2D eigenvalue weighted by atomic mass is 10.3. The maximum absolute atomic E-state index is 11.2. The molecule has 1 amide bonds. The molecule has 0 aromatic carbocycles. The Bertz CT molecular complexity index is 373. The third kappa shape index (κ3) is 0.689. The number of amides is 1. The smallest absolute Gasteiger partial charge is 0.300 e. The standard InChI is InChI=1S/C8H6N2O2/c1-10-5-3-2-4-9-6(5)7(11)8(10)12/h2-4H,1H3. The molecule has 0 unspecified atom stereocenters. The molecule has 0 spiro atoms. The summed E-state index contributed by atoms with van der Waals surface area (Å²) in [7, 11) is 1.56. The second kappa shape index (κ2) is 2.14. The molecule has 60 valence electrons. The zero-order valence-electron chi connectivity index (χ0n) is 6.44. The Kier molecular flexibility index (Phi) is 1.24. The number of pyridine rings is 1. The highest BCUT2D eigenvalue weighted by atomic mass is 16.2. The van der Waals surface area contributed by atoms with Gasteiger partial charge in [-0.05, 0) is 12.1 Å². The Labute approximate surface area is 68.8 Å². The van der Waals surface area contributed by atoms with E-state index >= 15 is 0 Å². The molecular formula is C8H6N2O2. The maximum atomic E-state index is 11.2. The first kappa shape index (κ1) is 6.97. The summed E-state index contributed by atoms with van der Waals surface area (Å²) in [5, 5.41) is 0. The highest BCUT2D eigenvalue weighted by Gasteiger charge is 2.33. The van der Waals surface area contributed by atoms with Crippen LogP contribution in [0.1, 0.15) is 10.5 Å². The van der Waals surface area contributed by atoms with Crippen molar-refractivity contribution in [1.82, 2.24) is 4.98 Å². The van der Waals surface area contributed by atoms with Crippen LogP contribution in [0.2, 0.25) is 0 Å². The fourth-order valence-electron chi connectivity index (χ4n) is 1.21. The number of hydrogen-bond donors (Lipinski definition) is 0. The molecular weight excluding hydrogens is 156 g/mol. The Morgan fingerprint density at radius 2 is 2.17 bits per heavy atom. The van der Waals surface area contributed by atoms with Gasteiger partial charge >= 0.3 is 5.91 Å². The van der Waals surface area contributed by atoms with Crippen LogP contribution in [0.15, 0.2) is 18.3 Å². The number of carbonyl (C=O) groups is 2. The van der Waals surface area contributed by atoms with Crippen molar-refractivity contribution in [3.8, 4) is 0 Å². The van der Waals surface area contributed by atoms with Gasteiger partial charge in [0.25, 0.3) is 5.78 Å². The third-order valence-corrected chi connectivity index (χ3v) is 1.86. The van der Waals surface area contributed by atoms with Crippen molar-refractivity contribution < 1.29 is 9.59 Å². The van der Waals surface area contributed by atoms with Gasteiger partial charge in [-0.3, -0.25) is 14.6 Å². The molecule has 0 saturated carbocycles. The number of anilines is 1. The van der Waals surface area contributed by atoms with Crippen LogP contribution >= 0.6 is 0 Å². The minimum atomic E-state index is -0.520. The van der Waals surface area contributed by atoms with Crippen LogP contribution in [0.4, 0.5) is 5.69 Å². The van der Waals surface area contributed by atoms with Crippen molar-refractivity contribution in [2.24, 2.45) is 0 Å². The number of carbonyl (C=O) groups excluding carboxylic acids is 2. The van der Waals surface area contributed by atoms with Gasteiger partial charge in [-0.15, -0.1) is 0 Å². The molecule has 0 saturated heterocycles. The molecule has 0 N–H and O–H groups in total. The first-order valence-corrected chi connectivity index (χ1v) is 3.49. The quantitative estimate of drug-likeness (QED) is 0.513. The number of hydrogen-bond acceptors (Lipinski definition) is 3. The third-order valence-electron chi connectivity index (χ3n) is 1.86. The van der Waals surface area contributed by atoms with Crippen molar-refractivity contribution in [2.45, 2.75) is 0 Å². The van der Waals surface area contributed by atoms with Gasteiger partial charge in [-0.1, -0.05) is 0 Å². The van der Waals surface area contributed by atoms with E-state index in [0.29, 0.717) is 5.69 Å². The molecule has 1 aliphatic heterocycles. The van der Waals surface area contributed by atoms with Gasteiger partial charge in [-0.2, -0.15) is 0 Å². The van der Waals surface area contributed by atoms with Gasteiger partial charge in [0.1, 0.15) is 5.69 Å². The van der Waals surface area contributed by atoms with Crippen LogP contribution in [0.3, 0.4) is 0 Å². The summed E-state index contributed by atoms with van der Waals surface area (Å²) < 4.78 is 0. The molecule has 2 rings (SSSR count). The van der Waals surface area contributed by atoms with E-state index in [0.717, 1.165) is 0 Å². The van der Waals surface area contributed by atoms with E-state index < -0.39 is 11.7 Å². The van der Waals surface area contributed by atoms with E-state index in [1.807, 2.05) is 0 Å². The summed E-state index contributed by atoms with van der Waals surface area (Å²) in [6, 6.07) is 3.40.